The van der Waals surface area contributed by atoms with Crippen molar-refractivity contribution in [2.45, 2.75) is 11.3 Å². The van der Waals surface area contributed by atoms with E-state index in [1.54, 1.807) is 18.2 Å². The zero-order valence-electron chi connectivity index (χ0n) is 14.1. The van der Waals surface area contributed by atoms with Gasteiger partial charge >= 0.3 is 6.36 Å². The van der Waals surface area contributed by atoms with Crippen molar-refractivity contribution >= 4 is 15.7 Å². The molecule has 10 heteroatoms. The molecule has 1 aliphatic rings. The number of phenolic OH excluding ortho intramolecular Hbond substituents is 1. The van der Waals surface area contributed by atoms with Gasteiger partial charge in [0.2, 0.25) is 10.0 Å². The monoisotopic (exact) mass is 402 g/mol. The van der Waals surface area contributed by atoms with E-state index in [0.29, 0.717) is 13.1 Å². The van der Waals surface area contributed by atoms with Crippen molar-refractivity contribution in [3.8, 4) is 11.5 Å². The number of piperazine rings is 1. The molecular weight excluding hydrogens is 385 g/mol. The third-order valence-electron chi connectivity index (χ3n) is 4.11. The molecule has 3 rings (SSSR count). The molecule has 0 atom stereocenters. The number of benzene rings is 2. The summed E-state index contributed by atoms with van der Waals surface area (Å²) in [5, 5.41) is 9.56. The summed E-state index contributed by atoms with van der Waals surface area (Å²) in [4.78, 5) is 1.67. The quantitative estimate of drug-likeness (QED) is 0.852. The average Bonchev–Trinajstić information content (AvgIpc) is 2.61. The van der Waals surface area contributed by atoms with E-state index < -0.39 is 22.1 Å². The summed E-state index contributed by atoms with van der Waals surface area (Å²) in [6.45, 7) is 1.12. The van der Waals surface area contributed by atoms with Gasteiger partial charge in [0.25, 0.3) is 0 Å². The lowest BCUT2D eigenvalue weighted by Crippen LogP contribution is -2.48. The molecular formula is C17H17F3N2O4S. The van der Waals surface area contributed by atoms with Gasteiger partial charge in [-0.15, -0.1) is 13.2 Å². The second kappa shape index (κ2) is 7.28. The topological polar surface area (TPSA) is 70.1 Å². The molecule has 1 aliphatic heterocycles. The van der Waals surface area contributed by atoms with Crippen LogP contribution in [0.3, 0.4) is 0 Å². The Balaban J connectivity index is 1.72. The first-order valence-electron chi connectivity index (χ1n) is 8.05. The van der Waals surface area contributed by atoms with Gasteiger partial charge in [-0.05, 0) is 24.3 Å². The SMILES string of the molecule is O=S(=O)(c1cccc(OC(F)(F)F)c1)N1CCN(c2cccc(O)c2)CC1. The number of anilines is 1. The van der Waals surface area contributed by atoms with E-state index in [0.717, 1.165) is 17.8 Å². The third-order valence-corrected chi connectivity index (χ3v) is 6.01. The maximum absolute atomic E-state index is 12.7. The fraction of sp³-hybridized carbons (Fsp3) is 0.294. The number of ether oxygens (including phenoxy) is 1. The number of halogens is 3. The zero-order chi connectivity index (χ0) is 19.7. The summed E-state index contributed by atoms with van der Waals surface area (Å²) in [6, 6.07) is 11.0. The van der Waals surface area contributed by atoms with Crippen LogP contribution in [-0.4, -0.2) is 50.4 Å². The van der Waals surface area contributed by atoms with Crippen molar-refractivity contribution in [1.82, 2.24) is 4.31 Å². The molecule has 0 saturated carbocycles. The first-order valence-corrected chi connectivity index (χ1v) is 9.49. The Morgan fingerprint density at radius 3 is 2.26 bits per heavy atom. The first kappa shape index (κ1) is 19.3. The molecule has 2 aromatic rings. The van der Waals surface area contributed by atoms with Gasteiger partial charge in [-0.3, -0.25) is 0 Å². The van der Waals surface area contributed by atoms with Gasteiger partial charge in [0, 0.05) is 44.0 Å². The van der Waals surface area contributed by atoms with Gasteiger partial charge in [0.05, 0.1) is 4.90 Å². The van der Waals surface area contributed by atoms with Gasteiger partial charge in [0.1, 0.15) is 11.5 Å². The fourth-order valence-corrected chi connectivity index (χ4v) is 4.32. The number of aromatic hydroxyl groups is 1. The normalized spacial score (nSPS) is 16.3. The summed E-state index contributed by atoms with van der Waals surface area (Å²) in [7, 11) is -3.94. The summed E-state index contributed by atoms with van der Waals surface area (Å²) >= 11 is 0. The predicted octanol–water partition coefficient (Wildman–Crippen LogP) is 2.80. The Kier molecular flexibility index (Phi) is 5.20. The van der Waals surface area contributed by atoms with Crippen molar-refractivity contribution in [2.24, 2.45) is 0 Å². The van der Waals surface area contributed by atoms with Gasteiger partial charge in [0.15, 0.2) is 0 Å². The number of hydrogen-bond acceptors (Lipinski definition) is 5. The lowest BCUT2D eigenvalue weighted by atomic mass is 10.2. The van der Waals surface area contributed by atoms with Crippen LogP contribution >= 0.6 is 0 Å². The van der Waals surface area contributed by atoms with Crippen molar-refractivity contribution < 1.29 is 31.4 Å². The second-order valence-electron chi connectivity index (χ2n) is 5.93. The highest BCUT2D eigenvalue weighted by molar-refractivity contribution is 7.89. The molecule has 0 spiro atoms. The molecule has 0 bridgehead atoms. The summed E-state index contributed by atoms with van der Waals surface area (Å²) in [6.07, 6.45) is -4.89. The largest absolute Gasteiger partial charge is 0.573 e. The highest BCUT2D eigenvalue weighted by Crippen LogP contribution is 2.27. The smallest absolute Gasteiger partial charge is 0.508 e. The van der Waals surface area contributed by atoms with Crippen LogP contribution in [0.2, 0.25) is 0 Å². The minimum absolute atomic E-state index is 0.115. The highest BCUT2D eigenvalue weighted by atomic mass is 32.2. The lowest BCUT2D eigenvalue weighted by Gasteiger charge is -2.35. The number of nitrogens with zero attached hydrogens (tertiary/aromatic N) is 2. The number of phenols is 1. The average molecular weight is 402 g/mol. The van der Waals surface area contributed by atoms with E-state index >= 15 is 0 Å². The van der Waals surface area contributed by atoms with Crippen LogP contribution in [0, 0.1) is 0 Å². The Labute approximate surface area is 154 Å². The number of rotatable bonds is 4. The van der Waals surface area contributed by atoms with Crippen molar-refractivity contribution in [1.29, 1.82) is 0 Å². The summed E-state index contributed by atoms with van der Waals surface area (Å²) < 4.78 is 67.5. The van der Waals surface area contributed by atoms with E-state index in [1.165, 1.54) is 16.4 Å². The van der Waals surface area contributed by atoms with E-state index in [2.05, 4.69) is 4.74 Å². The molecule has 0 unspecified atom stereocenters. The van der Waals surface area contributed by atoms with Crippen LogP contribution in [0.15, 0.2) is 53.4 Å². The van der Waals surface area contributed by atoms with Crippen LogP contribution in [-0.2, 0) is 10.0 Å². The molecule has 27 heavy (non-hydrogen) atoms. The summed E-state index contributed by atoms with van der Waals surface area (Å²) in [5.41, 5.74) is 0.771. The molecule has 0 aromatic heterocycles. The molecule has 0 amide bonds. The Morgan fingerprint density at radius 2 is 1.63 bits per heavy atom. The number of alkyl halides is 3. The zero-order valence-corrected chi connectivity index (χ0v) is 14.9. The number of sulfonamides is 1. The molecule has 0 aliphatic carbocycles. The van der Waals surface area contributed by atoms with E-state index in [1.807, 2.05) is 11.0 Å². The molecule has 0 radical (unpaired) electrons. The van der Waals surface area contributed by atoms with Gasteiger partial charge < -0.3 is 14.7 Å². The molecule has 1 heterocycles. The molecule has 146 valence electrons. The standard InChI is InChI=1S/C17H17F3N2O4S/c18-17(19,20)26-15-5-2-6-16(12-15)27(24,25)22-9-7-21(8-10-22)13-3-1-4-14(23)11-13/h1-6,11-12,23H,7-10H2. The molecule has 2 aromatic carbocycles. The van der Waals surface area contributed by atoms with Crippen LogP contribution < -0.4 is 9.64 Å². The minimum Gasteiger partial charge on any atom is -0.508 e. The predicted molar refractivity (Wildman–Crippen MR) is 92.2 cm³/mol. The van der Waals surface area contributed by atoms with Crippen LogP contribution in [0.4, 0.5) is 18.9 Å². The maximum atomic E-state index is 12.7. The Morgan fingerprint density at radius 1 is 0.963 bits per heavy atom. The number of hydrogen-bond donors (Lipinski definition) is 1. The van der Waals surface area contributed by atoms with E-state index in [9.17, 15) is 26.7 Å². The van der Waals surface area contributed by atoms with Crippen molar-refractivity contribution in [3.05, 3.63) is 48.5 Å². The van der Waals surface area contributed by atoms with Crippen LogP contribution in [0.1, 0.15) is 0 Å². The molecule has 1 N–H and O–H groups in total. The third kappa shape index (κ3) is 4.64. The maximum Gasteiger partial charge on any atom is 0.573 e. The summed E-state index contributed by atoms with van der Waals surface area (Å²) in [5.74, 6) is -0.467. The lowest BCUT2D eigenvalue weighted by molar-refractivity contribution is -0.274. The van der Waals surface area contributed by atoms with Gasteiger partial charge in [-0.1, -0.05) is 12.1 Å². The Bertz CT molecular complexity index is 910. The molecule has 6 nitrogen and oxygen atoms in total. The first-order chi connectivity index (χ1) is 12.6. The fourth-order valence-electron chi connectivity index (χ4n) is 2.86. The van der Waals surface area contributed by atoms with E-state index in [4.69, 9.17) is 0 Å². The molecule has 1 fully saturated rings. The van der Waals surface area contributed by atoms with Crippen molar-refractivity contribution in [3.63, 3.8) is 0 Å². The van der Waals surface area contributed by atoms with Crippen LogP contribution in [0.25, 0.3) is 0 Å². The minimum atomic E-state index is -4.89. The van der Waals surface area contributed by atoms with Gasteiger partial charge in [-0.2, -0.15) is 4.31 Å². The van der Waals surface area contributed by atoms with Crippen LogP contribution in [0.5, 0.6) is 11.5 Å². The van der Waals surface area contributed by atoms with Gasteiger partial charge in [-0.25, -0.2) is 8.42 Å². The molecule has 1 saturated heterocycles. The van der Waals surface area contributed by atoms with Crippen molar-refractivity contribution in [2.75, 3.05) is 31.1 Å². The second-order valence-corrected chi connectivity index (χ2v) is 7.87. The van der Waals surface area contributed by atoms with E-state index in [-0.39, 0.29) is 23.7 Å². The Hall–Kier alpha value is -2.46. The highest BCUT2D eigenvalue weighted by Gasteiger charge is 2.33.